The monoisotopic (exact) mass is 318 g/mol. The second-order valence-electron chi connectivity index (χ2n) is 5.38. The molecule has 0 radical (unpaired) electrons. The zero-order valence-corrected chi connectivity index (χ0v) is 12.3. The first-order valence-electron chi connectivity index (χ1n) is 6.70. The molecular formula is C15H12F2N4O2. The number of benzene rings is 1. The predicted molar refractivity (Wildman–Crippen MR) is 75.5 cm³/mol. The molecule has 0 saturated carbocycles. The summed E-state index contributed by atoms with van der Waals surface area (Å²) in [5, 5.41) is 13.1. The third-order valence-corrected chi connectivity index (χ3v) is 3.39. The molecule has 6 nitrogen and oxygen atoms in total. The number of hydrogen-bond donors (Lipinski definition) is 1. The Morgan fingerprint density at radius 1 is 1.04 bits per heavy atom. The van der Waals surface area contributed by atoms with Gasteiger partial charge < -0.3 is 9.63 Å². The zero-order valence-electron chi connectivity index (χ0n) is 12.3. The molecule has 0 atom stereocenters. The van der Waals surface area contributed by atoms with E-state index < -0.39 is 17.0 Å². The van der Waals surface area contributed by atoms with E-state index in [0.29, 0.717) is 0 Å². The molecule has 0 bridgehead atoms. The van der Waals surface area contributed by atoms with E-state index >= 15 is 0 Å². The third-order valence-electron chi connectivity index (χ3n) is 3.39. The molecule has 8 heteroatoms. The highest BCUT2D eigenvalue weighted by atomic mass is 19.1. The molecule has 0 aliphatic rings. The third kappa shape index (κ3) is 2.63. The molecule has 0 amide bonds. The first-order valence-corrected chi connectivity index (χ1v) is 6.70. The standard InChI is InChI=1S/C15H12F2N4O2/c1-15(2,11-8(16)4-3-5-9(11)17)14-20-13(21-23-14)12-18-7-6-10(22)19-12/h3-7H,1-2H3,(H,18,19,22). The van der Waals surface area contributed by atoms with E-state index in [2.05, 4.69) is 20.1 Å². The van der Waals surface area contributed by atoms with Crippen LogP contribution in [0.5, 0.6) is 5.88 Å². The van der Waals surface area contributed by atoms with Gasteiger partial charge in [0.15, 0.2) is 0 Å². The van der Waals surface area contributed by atoms with Crippen LogP contribution in [0.1, 0.15) is 25.3 Å². The van der Waals surface area contributed by atoms with Crippen molar-refractivity contribution < 1.29 is 18.4 Å². The largest absolute Gasteiger partial charge is 0.493 e. The fraction of sp³-hybridized carbons (Fsp3) is 0.200. The van der Waals surface area contributed by atoms with Crippen LogP contribution in [0.25, 0.3) is 11.6 Å². The minimum atomic E-state index is -1.20. The normalized spacial score (nSPS) is 11.7. The molecule has 0 fully saturated rings. The van der Waals surface area contributed by atoms with Crippen molar-refractivity contribution in [2.24, 2.45) is 0 Å². The van der Waals surface area contributed by atoms with E-state index in [-0.39, 0.29) is 29.0 Å². The van der Waals surface area contributed by atoms with Gasteiger partial charge >= 0.3 is 0 Å². The lowest BCUT2D eigenvalue weighted by molar-refractivity contribution is 0.322. The fourth-order valence-corrected chi connectivity index (χ4v) is 2.23. The van der Waals surface area contributed by atoms with Crippen molar-refractivity contribution in [3.8, 4) is 17.5 Å². The van der Waals surface area contributed by atoms with E-state index in [1.54, 1.807) is 13.8 Å². The van der Waals surface area contributed by atoms with Crippen LogP contribution < -0.4 is 0 Å². The van der Waals surface area contributed by atoms with E-state index in [1.165, 1.54) is 18.3 Å². The molecular weight excluding hydrogens is 306 g/mol. The Labute approximate surface area is 129 Å². The summed E-state index contributed by atoms with van der Waals surface area (Å²) < 4.78 is 33.2. The van der Waals surface area contributed by atoms with Crippen LogP contribution in [0, 0.1) is 11.6 Å². The molecule has 0 aliphatic heterocycles. The molecule has 0 spiro atoms. The summed E-state index contributed by atoms with van der Waals surface area (Å²) in [6.45, 7) is 3.13. The van der Waals surface area contributed by atoms with Gasteiger partial charge in [0.1, 0.15) is 11.6 Å². The molecule has 1 aromatic carbocycles. The van der Waals surface area contributed by atoms with Gasteiger partial charge in [0.2, 0.25) is 23.4 Å². The molecule has 2 aromatic heterocycles. The molecule has 3 aromatic rings. The Balaban J connectivity index is 2.05. The topological polar surface area (TPSA) is 84.9 Å². The summed E-state index contributed by atoms with van der Waals surface area (Å²) >= 11 is 0. The maximum atomic E-state index is 14.0. The van der Waals surface area contributed by atoms with Crippen molar-refractivity contribution in [3.05, 3.63) is 53.6 Å². The quantitative estimate of drug-likeness (QED) is 0.799. The van der Waals surface area contributed by atoms with Gasteiger partial charge in [0.05, 0.1) is 5.41 Å². The lowest BCUT2D eigenvalue weighted by Crippen LogP contribution is -2.23. The van der Waals surface area contributed by atoms with E-state index in [1.807, 2.05) is 0 Å². The molecule has 23 heavy (non-hydrogen) atoms. The van der Waals surface area contributed by atoms with Gasteiger partial charge in [-0.3, -0.25) is 0 Å². The maximum Gasteiger partial charge on any atom is 0.240 e. The molecule has 0 aliphatic carbocycles. The number of aromatic hydroxyl groups is 1. The summed E-state index contributed by atoms with van der Waals surface area (Å²) in [5.41, 5.74) is -1.37. The number of nitrogens with zero attached hydrogens (tertiary/aromatic N) is 4. The lowest BCUT2D eigenvalue weighted by atomic mass is 9.83. The molecule has 0 saturated heterocycles. The minimum Gasteiger partial charge on any atom is -0.493 e. The highest BCUT2D eigenvalue weighted by molar-refractivity contribution is 5.43. The van der Waals surface area contributed by atoms with E-state index in [9.17, 15) is 13.9 Å². The van der Waals surface area contributed by atoms with Gasteiger partial charge in [-0.05, 0) is 26.0 Å². The highest BCUT2D eigenvalue weighted by Crippen LogP contribution is 2.34. The SMILES string of the molecule is CC(C)(c1nc(-c2nccc(O)n2)no1)c1c(F)cccc1F. The number of hydrogen-bond acceptors (Lipinski definition) is 6. The minimum absolute atomic E-state index is 0.00319. The lowest BCUT2D eigenvalue weighted by Gasteiger charge is -2.21. The summed E-state index contributed by atoms with van der Waals surface area (Å²) in [7, 11) is 0. The first kappa shape index (κ1) is 15.0. The van der Waals surface area contributed by atoms with Crippen LogP contribution >= 0.6 is 0 Å². The summed E-state index contributed by atoms with van der Waals surface area (Å²) in [6, 6.07) is 4.90. The van der Waals surface area contributed by atoms with Gasteiger partial charge in [0.25, 0.3) is 0 Å². The van der Waals surface area contributed by atoms with Crippen LogP contribution in [0.2, 0.25) is 0 Å². The van der Waals surface area contributed by atoms with Crippen molar-refractivity contribution >= 4 is 0 Å². The van der Waals surface area contributed by atoms with Crippen LogP contribution in [-0.4, -0.2) is 25.2 Å². The Hall–Kier alpha value is -2.90. The van der Waals surface area contributed by atoms with Gasteiger partial charge in [-0.1, -0.05) is 11.2 Å². The van der Waals surface area contributed by atoms with E-state index in [0.717, 1.165) is 12.1 Å². The van der Waals surface area contributed by atoms with Gasteiger partial charge in [-0.25, -0.2) is 13.8 Å². The Bertz CT molecular complexity index is 844. The molecule has 3 rings (SSSR count). The maximum absolute atomic E-state index is 14.0. The zero-order chi connectivity index (χ0) is 16.6. The van der Waals surface area contributed by atoms with Gasteiger partial charge in [-0.15, -0.1) is 0 Å². The molecule has 0 unspecified atom stereocenters. The predicted octanol–water partition coefficient (Wildman–Crippen LogP) is 2.84. The van der Waals surface area contributed by atoms with Crippen molar-refractivity contribution in [2.75, 3.05) is 0 Å². The number of aromatic nitrogens is 4. The van der Waals surface area contributed by atoms with Crippen LogP contribution in [0.15, 0.2) is 35.0 Å². The van der Waals surface area contributed by atoms with E-state index in [4.69, 9.17) is 4.52 Å². The Kier molecular flexibility index (Phi) is 3.51. The van der Waals surface area contributed by atoms with Crippen LogP contribution in [0.3, 0.4) is 0 Å². The van der Waals surface area contributed by atoms with Crippen molar-refractivity contribution in [2.45, 2.75) is 19.3 Å². The summed E-state index contributed by atoms with van der Waals surface area (Å²) in [6.07, 6.45) is 1.33. The molecule has 2 heterocycles. The second kappa shape index (κ2) is 5.38. The first-order chi connectivity index (χ1) is 10.9. The summed E-state index contributed by atoms with van der Waals surface area (Å²) in [5.74, 6) is -1.60. The van der Waals surface area contributed by atoms with Crippen molar-refractivity contribution in [3.63, 3.8) is 0 Å². The number of halogens is 2. The highest BCUT2D eigenvalue weighted by Gasteiger charge is 2.35. The fourth-order valence-electron chi connectivity index (χ4n) is 2.23. The van der Waals surface area contributed by atoms with Gasteiger partial charge in [-0.2, -0.15) is 9.97 Å². The van der Waals surface area contributed by atoms with Crippen LogP contribution in [-0.2, 0) is 5.41 Å². The average Bonchev–Trinajstić information content (AvgIpc) is 2.97. The summed E-state index contributed by atoms with van der Waals surface area (Å²) in [4.78, 5) is 11.8. The number of rotatable bonds is 3. The van der Waals surface area contributed by atoms with Crippen molar-refractivity contribution in [1.82, 2.24) is 20.1 Å². The van der Waals surface area contributed by atoms with Gasteiger partial charge in [0, 0.05) is 17.8 Å². The van der Waals surface area contributed by atoms with Crippen LogP contribution in [0.4, 0.5) is 8.78 Å². The Morgan fingerprint density at radius 2 is 1.74 bits per heavy atom. The molecule has 1 N–H and O–H groups in total. The second-order valence-corrected chi connectivity index (χ2v) is 5.38. The average molecular weight is 318 g/mol. The Morgan fingerprint density at radius 3 is 2.39 bits per heavy atom. The smallest absolute Gasteiger partial charge is 0.240 e. The van der Waals surface area contributed by atoms with Crippen molar-refractivity contribution in [1.29, 1.82) is 0 Å². The molecule has 118 valence electrons.